The van der Waals surface area contributed by atoms with Crippen LogP contribution in [-0.2, 0) is 9.59 Å². The molecule has 3 nitrogen and oxygen atoms in total. The third-order valence-electron chi connectivity index (χ3n) is 2.20. The van der Waals surface area contributed by atoms with Gasteiger partial charge in [-0.2, -0.15) is 0 Å². The van der Waals surface area contributed by atoms with Gasteiger partial charge < -0.3 is 10.1 Å². The predicted octanol–water partition coefficient (Wildman–Crippen LogP) is 0.401. The van der Waals surface area contributed by atoms with Crippen LogP contribution < -0.4 is 5.32 Å². The van der Waals surface area contributed by atoms with E-state index in [1.807, 2.05) is 6.29 Å². The molecular formula is C8H12LaNO2-. The smallest absolute Gasteiger partial charge is 0.207 e. The van der Waals surface area contributed by atoms with Crippen LogP contribution in [0.3, 0.4) is 0 Å². The van der Waals surface area contributed by atoms with E-state index >= 15 is 0 Å². The van der Waals surface area contributed by atoms with Crippen LogP contribution in [0.1, 0.15) is 25.7 Å². The van der Waals surface area contributed by atoms with Crippen LogP contribution in [0.5, 0.6) is 0 Å². The average molecular weight is 293 g/mol. The summed E-state index contributed by atoms with van der Waals surface area (Å²) in [6, 6.07) is 0.289. The van der Waals surface area contributed by atoms with E-state index in [-0.39, 0.29) is 47.6 Å². The Kier molecular flexibility index (Phi) is 7.00. The zero-order valence-electron chi connectivity index (χ0n) is 6.95. The van der Waals surface area contributed by atoms with Gasteiger partial charge in [-0.05, 0) is 12.8 Å². The second-order valence-corrected chi connectivity index (χ2v) is 2.95. The Morgan fingerprint density at radius 1 is 1.25 bits per heavy atom. The van der Waals surface area contributed by atoms with E-state index in [2.05, 4.69) is 5.32 Å². The third kappa shape index (κ3) is 3.83. The summed E-state index contributed by atoms with van der Waals surface area (Å²) in [5, 5.41) is 2.72. The first-order chi connectivity index (χ1) is 5.36. The molecule has 0 saturated heterocycles. The molecule has 12 heavy (non-hydrogen) atoms. The molecule has 0 spiro atoms. The molecule has 1 saturated carbocycles. The van der Waals surface area contributed by atoms with E-state index in [1.54, 1.807) is 0 Å². The first-order valence-corrected chi connectivity index (χ1v) is 3.94. The van der Waals surface area contributed by atoms with Crippen LogP contribution in [0, 0.1) is 41.5 Å². The van der Waals surface area contributed by atoms with Crippen molar-refractivity contribution in [2.75, 3.05) is 0 Å². The standard InChI is InChI=1S/C8H12NO2.La/c10-5-7-1-3-8(4-2-7)9-6-11;/h6-8H,1-4H2,(H,9,11);/q-1;. The maximum absolute atomic E-state index is 10.2. The van der Waals surface area contributed by atoms with Gasteiger partial charge in [0.05, 0.1) is 0 Å². The van der Waals surface area contributed by atoms with Gasteiger partial charge in [-0.1, -0.05) is 12.8 Å². The number of carbonyl (C=O) groups excluding carboxylic acids is 2. The van der Waals surface area contributed by atoms with Gasteiger partial charge in [-0.15, -0.1) is 5.92 Å². The summed E-state index contributed by atoms with van der Waals surface area (Å²) in [4.78, 5) is 20.2. The number of hydrogen-bond donors (Lipinski definition) is 1. The van der Waals surface area contributed by atoms with Gasteiger partial charge in [0.15, 0.2) is 0 Å². The summed E-state index contributed by atoms with van der Waals surface area (Å²) in [5.74, 6) is 0.111. The van der Waals surface area contributed by atoms with Gasteiger partial charge in [0.2, 0.25) is 6.41 Å². The van der Waals surface area contributed by atoms with Crippen molar-refractivity contribution in [2.24, 2.45) is 5.92 Å². The number of rotatable bonds is 3. The average Bonchev–Trinajstić information content (AvgIpc) is 2.07. The Labute approximate surface area is 100 Å². The van der Waals surface area contributed by atoms with Gasteiger partial charge >= 0.3 is 0 Å². The van der Waals surface area contributed by atoms with Crippen molar-refractivity contribution in [3.8, 4) is 0 Å². The molecule has 0 unspecified atom stereocenters. The van der Waals surface area contributed by atoms with Gasteiger partial charge in [-0.25, -0.2) is 0 Å². The van der Waals surface area contributed by atoms with E-state index in [0.717, 1.165) is 32.1 Å². The molecule has 4 heteroatoms. The topological polar surface area (TPSA) is 46.2 Å². The van der Waals surface area contributed by atoms with E-state index in [1.165, 1.54) is 0 Å². The minimum Gasteiger partial charge on any atom is -0.542 e. The first kappa shape index (κ1) is 12.3. The Morgan fingerprint density at radius 3 is 2.25 bits per heavy atom. The van der Waals surface area contributed by atoms with Crippen LogP contribution in [-0.4, -0.2) is 18.7 Å². The van der Waals surface area contributed by atoms with E-state index in [0.29, 0.717) is 0 Å². The van der Waals surface area contributed by atoms with Gasteiger partial charge in [0, 0.05) is 41.6 Å². The van der Waals surface area contributed by atoms with Crippen molar-refractivity contribution in [3.63, 3.8) is 0 Å². The normalized spacial score (nSPS) is 28.3. The predicted molar refractivity (Wildman–Crippen MR) is 40.6 cm³/mol. The Hall–Kier alpha value is 0.335. The minimum absolute atomic E-state index is 0. The second kappa shape index (κ2) is 6.81. The number of hydrogen-bond acceptors (Lipinski definition) is 2. The molecule has 0 bridgehead atoms. The summed E-state index contributed by atoms with van der Waals surface area (Å²) < 4.78 is 0. The Morgan fingerprint density at radius 2 is 1.83 bits per heavy atom. The molecule has 0 atom stereocenters. The van der Waals surface area contributed by atoms with E-state index in [4.69, 9.17) is 0 Å². The molecule has 1 radical (unpaired) electrons. The molecule has 1 rings (SSSR count). The summed E-state index contributed by atoms with van der Waals surface area (Å²) in [6.07, 6.45) is 6.30. The SMILES string of the molecule is O=[C-]C1CCC(NC=O)CC1.[La]. The molecule has 1 N–H and O–H groups in total. The third-order valence-corrected chi connectivity index (χ3v) is 2.20. The van der Waals surface area contributed by atoms with Gasteiger partial charge in [-0.3, -0.25) is 11.1 Å². The summed E-state index contributed by atoms with van der Waals surface area (Å²) in [5.41, 5.74) is 0. The fourth-order valence-electron chi connectivity index (χ4n) is 1.47. The van der Waals surface area contributed by atoms with Crippen LogP contribution in [0.25, 0.3) is 0 Å². The molecular weight excluding hydrogens is 281 g/mol. The van der Waals surface area contributed by atoms with Crippen molar-refractivity contribution in [1.82, 2.24) is 5.32 Å². The van der Waals surface area contributed by atoms with Crippen molar-refractivity contribution < 1.29 is 45.2 Å². The second-order valence-electron chi connectivity index (χ2n) is 2.95. The molecule has 0 aromatic rings. The molecule has 1 fully saturated rings. The molecule has 1 aliphatic carbocycles. The molecule has 0 aromatic carbocycles. The number of carbonyl (C=O) groups is 1. The maximum Gasteiger partial charge on any atom is 0.207 e. The fourth-order valence-corrected chi connectivity index (χ4v) is 1.47. The molecule has 0 aliphatic heterocycles. The first-order valence-electron chi connectivity index (χ1n) is 3.94. The molecule has 1 amide bonds. The monoisotopic (exact) mass is 293 g/mol. The molecule has 65 valence electrons. The molecule has 0 heterocycles. The van der Waals surface area contributed by atoms with Crippen molar-refractivity contribution in [2.45, 2.75) is 31.7 Å². The molecule has 0 aromatic heterocycles. The summed E-state index contributed by atoms with van der Waals surface area (Å²) >= 11 is 0. The Bertz CT molecular complexity index is 144. The van der Waals surface area contributed by atoms with Crippen LogP contribution in [0.2, 0.25) is 0 Å². The van der Waals surface area contributed by atoms with Crippen molar-refractivity contribution >= 4 is 12.7 Å². The zero-order chi connectivity index (χ0) is 8.10. The van der Waals surface area contributed by atoms with Crippen LogP contribution >= 0.6 is 0 Å². The fraction of sp³-hybridized carbons (Fsp3) is 0.750. The summed E-state index contributed by atoms with van der Waals surface area (Å²) in [6.45, 7) is 0. The van der Waals surface area contributed by atoms with Crippen LogP contribution in [0.4, 0.5) is 0 Å². The number of amides is 1. The zero-order valence-corrected chi connectivity index (χ0v) is 10.6. The van der Waals surface area contributed by atoms with Gasteiger partial charge in [0.25, 0.3) is 0 Å². The maximum atomic E-state index is 10.2. The largest absolute Gasteiger partial charge is 0.542 e. The summed E-state index contributed by atoms with van der Waals surface area (Å²) in [7, 11) is 0. The number of nitrogens with one attached hydrogen (secondary N) is 1. The minimum atomic E-state index is 0. The van der Waals surface area contributed by atoms with Crippen molar-refractivity contribution in [1.29, 1.82) is 0 Å². The van der Waals surface area contributed by atoms with Gasteiger partial charge in [0.1, 0.15) is 0 Å². The van der Waals surface area contributed by atoms with E-state index < -0.39 is 0 Å². The van der Waals surface area contributed by atoms with Crippen LogP contribution in [0.15, 0.2) is 0 Å². The molecule has 1 aliphatic rings. The van der Waals surface area contributed by atoms with E-state index in [9.17, 15) is 9.59 Å². The van der Waals surface area contributed by atoms with Crippen molar-refractivity contribution in [3.05, 3.63) is 0 Å². The Balaban J connectivity index is 0.00000121. The quantitative estimate of drug-likeness (QED) is 0.605.